The van der Waals surface area contributed by atoms with Gasteiger partial charge in [-0.3, -0.25) is 40.1 Å². The first kappa shape index (κ1) is 24.6. The molecular weight excluding hydrogens is 486 g/mol. The fraction of sp³-hybridized carbons (Fsp3) is 0.143. The van der Waals surface area contributed by atoms with Gasteiger partial charge in [0.2, 0.25) is 0 Å². The van der Waals surface area contributed by atoms with Crippen LogP contribution in [-0.4, -0.2) is 32.4 Å². The molecule has 0 radical (unpaired) electrons. The Morgan fingerprint density at radius 2 is 1.21 bits per heavy atom. The maximum absolute atomic E-state index is 13.4. The van der Waals surface area contributed by atoms with Crippen molar-refractivity contribution in [1.29, 1.82) is 0 Å². The zero-order valence-electron chi connectivity index (χ0n) is 20.9. The van der Waals surface area contributed by atoms with E-state index in [0.29, 0.717) is 17.0 Å². The first-order chi connectivity index (χ1) is 18.3. The summed E-state index contributed by atoms with van der Waals surface area (Å²) < 4.78 is 5.19. The van der Waals surface area contributed by atoms with Gasteiger partial charge < -0.3 is 4.74 Å². The lowest BCUT2D eigenvalue weighted by molar-refractivity contribution is -0.385. The van der Waals surface area contributed by atoms with E-state index in [1.807, 2.05) is 62.4 Å². The van der Waals surface area contributed by atoms with Crippen molar-refractivity contribution < 1.29 is 9.66 Å². The van der Waals surface area contributed by atoms with E-state index in [9.17, 15) is 19.7 Å². The van der Waals surface area contributed by atoms with Gasteiger partial charge in [-0.15, -0.1) is 0 Å². The molecular formula is C28H25N5O5. The van der Waals surface area contributed by atoms with Gasteiger partial charge in [0.1, 0.15) is 0 Å². The third-order valence-electron chi connectivity index (χ3n) is 6.62. The van der Waals surface area contributed by atoms with Crippen LogP contribution >= 0.6 is 0 Å². The van der Waals surface area contributed by atoms with Gasteiger partial charge in [0.25, 0.3) is 11.1 Å². The third-order valence-corrected chi connectivity index (χ3v) is 6.62. The lowest BCUT2D eigenvalue weighted by Crippen LogP contribution is -2.20. The molecule has 0 aliphatic heterocycles. The molecule has 5 aromatic rings. The lowest BCUT2D eigenvalue weighted by Gasteiger charge is -2.18. The van der Waals surface area contributed by atoms with E-state index in [2.05, 4.69) is 20.4 Å². The molecule has 0 amide bonds. The van der Waals surface area contributed by atoms with E-state index in [1.54, 1.807) is 6.07 Å². The molecule has 0 bridgehead atoms. The maximum Gasteiger partial charge on any atom is 0.311 e. The molecule has 2 aromatic heterocycles. The number of aryl methyl sites for hydroxylation is 2. The number of ether oxygens (including phenoxy) is 1. The SMILES string of the molecule is COc1ccc(C(c2c(-c3ccc(C)cc3)[nH][nH]c2=O)c2c(-c3ccc(C)cc3)[nH][nH]c2=O)cc1[N+](=O)[O-]. The average molecular weight is 512 g/mol. The Labute approximate surface area is 216 Å². The van der Waals surface area contributed by atoms with Gasteiger partial charge in [-0.05, 0) is 36.6 Å². The van der Waals surface area contributed by atoms with E-state index < -0.39 is 22.0 Å². The van der Waals surface area contributed by atoms with Crippen molar-refractivity contribution in [2.75, 3.05) is 7.11 Å². The molecule has 38 heavy (non-hydrogen) atoms. The highest BCUT2D eigenvalue weighted by Gasteiger charge is 2.32. The van der Waals surface area contributed by atoms with Gasteiger partial charge in [-0.25, -0.2) is 0 Å². The van der Waals surface area contributed by atoms with Crippen molar-refractivity contribution in [2.45, 2.75) is 19.8 Å². The number of methoxy groups -OCH3 is 1. The molecule has 0 unspecified atom stereocenters. The van der Waals surface area contributed by atoms with Crippen LogP contribution in [0.25, 0.3) is 22.5 Å². The molecule has 5 rings (SSSR count). The Morgan fingerprint density at radius 1 is 0.737 bits per heavy atom. The standard InChI is InChI=1S/C28H25N5O5/c1-15-4-8-17(9-5-15)25-23(27(34)31-29-25)22(19-12-13-21(38-3)20(14-19)33(36)37)24-26(30-32-28(24)35)18-10-6-16(2)7-11-18/h4-14,22H,1-3H3,(H2,29,31,34)(H2,30,32,35). The normalized spacial score (nSPS) is 11.2. The van der Waals surface area contributed by atoms with E-state index in [1.165, 1.54) is 19.2 Å². The Morgan fingerprint density at radius 3 is 1.63 bits per heavy atom. The zero-order valence-corrected chi connectivity index (χ0v) is 20.9. The summed E-state index contributed by atoms with van der Waals surface area (Å²) in [6, 6.07) is 19.6. The Hall–Kier alpha value is -5.12. The number of hydrogen-bond acceptors (Lipinski definition) is 5. The van der Waals surface area contributed by atoms with E-state index in [0.717, 1.165) is 22.3 Å². The van der Waals surface area contributed by atoms with Gasteiger partial charge >= 0.3 is 5.69 Å². The minimum Gasteiger partial charge on any atom is -0.490 e. The second-order valence-corrected chi connectivity index (χ2v) is 9.09. The number of hydrogen-bond donors (Lipinski definition) is 4. The zero-order chi connectivity index (χ0) is 27.0. The number of nitrogens with one attached hydrogen (secondary N) is 4. The summed E-state index contributed by atoms with van der Waals surface area (Å²) in [5, 5.41) is 23.1. The van der Waals surface area contributed by atoms with Crippen molar-refractivity contribution >= 4 is 5.69 Å². The molecule has 0 aliphatic rings. The molecule has 0 saturated heterocycles. The lowest BCUT2D eigenvalue weighted by atomic mass is 9.82. The molecule has 0 aliphatic carbocycles. The van der Waals surface area contributed by atoms with Gasteiger partial charge in [0, 0.05) is 12.0 Å². The van der Waals surface area contributed by atoms with Crippen LogP contribution in [-0.2, 0) is 0 Å². The van der Waals surface area contributed by atoms with E-state index in [-0.39, 0.29) is 22.6 Å². The van der Waals surface area contributed by atoms with Crippen LogP contribution in [0.5, 0.6) is 5.75 Å². The van der Waals surface area contributed by atoms with E-state index >= 15 is 0 Å². The molecule has 0 atom stereocenters. The van der Waals surface area contributed by atoms with Crippen LogP contribution in [0, 0.1) is 24.0 Å². The Balaban J connectivity index is 1.83. The number of benzene rings is 3. The molecule has 0 spiro atoms. The number of nitro groups is 1. The smallest absolute Gasteiger partial charge is 0.311 e. The summed E-state index contributed by atoms with van der Waals surface area (Å²) >= 11 is 0. The molecule has 0 saturated carbocycles. The first-order valence-electron chi connectivity index (χ1n) is 11.9. The van der Waals surface area contributed by atoms with Crippen molar-refractivity contribution in [3.05, 3.63) is 125 Å². The van der Waals surface area contributed by atoms with Crippen LogP contribution < -0.4 is 15.9 Å². The number of rotatable bonds is 7. The van der Waals surface area contributed by atoms with Crippen molar-refractivity contribution in [1.82, 2.24) is 20.4 Å². The van der Waals surface area contributed by atoms with E-state index in [4.69, 9.17) is 4.74 Å². The summed E-state index contributed by atoms with van der Waals surface area (Å²) in [7, 11) is 1.35. The number of nitro benzene ring substituents is 1. The average Bonchev–Trinajstić information content (AvgIpc) is 3.48. The quantitative estimate of drug-likeness (QED) is 0.183. The van der Waals surface area contributed by atoms with Gasteiger partial charge in [-0.2, -0.15) is 0 Å². The minimum absolute atomic E-state index is 0.0703. The fourth-order valence-corrected chi connectivity index (χ4v) is 4.69. The highest BCUT2D eigenvalue weighted by atomic mass is 16.6. The van der Waals surface area contributed by atoms with Crippen LogP contribution in [0.4, 0.5) is 5.69 Å². The molecule has 4 N–H and O–H groups in total. The highest BCUT2D eigenvalue weighted by Crippen LogP contribution is 2.40. The van der Waals surface area contributed by atoms with Crippen molar-refractivity contribution in [2.24, 2.45) is 0 Å². The molecule has 0 fully saturated rings. The number of H-pyrrole nitrogens is 4. The molecule has 192 valence electrons. The van der Waals surface area contributed by atoms with Crippen molar-refractivity contribution in [3.63, 3.8) is 0 Å². The van der Waals surface area contributed by atoms with Crippen molar-refractivity contribution in [3.8, 4) is 28.3 Å². The molecule has 10 heteroatoms. The molecule has 2 heterocycles. The summed E-state index contributed by atoms with van der Waals surface area (Å²) in [5.41, 5.74) is 4.22. The van der Waals surface area contributed by atoms with Crippen LogP contribution in [0.15, 0.2) is 76.3 Å². The second kappa shape index (κ2) is 9.74. The minimum atomic E-state index is -0.961. The van der Waals surface area contributed by atoms with Gasteiger partial charge in [0.15, 0.2) is 5.75 Å². The van der Waals surface area contributed by atoms with Crippen LogP contribution in [0.3, 0.4) is 0 Å². The summed E-state index contributed by atoms with van der Waals surface area (Å²) in [6.07, 6.45) is 0. The summed E-state index contributed by atoms with van der Waals surface area (Å²) in [6.45, 7) is 3.91. The van der Waals surface area contributed by atoms with Crippen LogP contribution in [0.1, 0.15) is 33.7 Å². The Bertz CT molecular complexity index is 1640. The topological polar surface area (TPSA) is 150 Å². The second-order valence-electron chi connectivity index (χ2n) is 9.09. The van der Waals surface area contributed by atoms with Crippen LogP contribution in [0.2, 0.25) is 0 Å². The maximum atomic E-state index is 13.4. The molecule has 3 aromatic carbocycles. The van der Waals surface area contributed by atoms with Gasteiger partial charge in [-0.1, -0.05) is 65.7 Å². The number of aromatic nitrogens is 4. The number of aromatic amines is 4. The fourth-order valence-electron chi connectivity index (χ4n) is 4.69. The summed E-state index contributed by atoms with van der Waals surface area (Å²) in [5.74, 6) is -0.891. The Kier molecular flexibility index (Phi) is 6.29. The number of nitrogens with zero attached hydrogens (tertiary/aromatic N) is 1. The highest BCUT2D eigenvalue weighted by molar-refractivity contribution is 5.71. The predicted octanol–water partition coefficient (Wildman–Crippen LogP) is 4.77. The molecule has 10 nitrogen and oxygen atoms in total. The predicted molar refractivity (Wildman–Crippen MR) is 144 cm³/mol. The summed E-state index contributed by atoms with van der Waals surface area (Å²) in [4.78, 5) is 38.1. The third kappa shape index (κ3) is 4.32. The van der Waals surface area contributed by atoms with Gasteiger partial charge in [0.05, 0.1) is 34.5 Å². The first-order valence-corrected chi connectivity index (χ1v) is 11.9. The monoisotopic (exact) mass is 511 g/mol. The largest absolute Gasteiger partial charge is 0.490 e.